The zero-order valence-electron chi connectivity index (χ0n) is 21.5. The number of benzene rings is 2. The topological polar surface area (TPSA) is 108 Å². The molecule has 1 aliphatic heterocycles. The lowest BCUT2D eigenvalue weighted by Crippen LogP contribution is -2.32. The summed E-state index contributed by atoms with van der Waals surface area (Å²) in [5, 5.41) is 16.2. The Balaban J connectivity index is 1.42. The van der Waals surface area contributed by atoms with Gasteiger partial charge in [-0.25, -0.2) is 4.79 Å². The van der Waals surface area contributed by atoms with Crippen LogP contribution in [0.3, 0.4) is 0 Å². The Morgan fingerprint density at radius 3 is 2.56 bits per heavy atom. The van der Waals surface area contributed by atoms with Gasteiger partial charge in [-0.15, -0.1) is 0 Å². The molecule has 2 aromatic heterocycles. The molecule has 9 heteroatoms. The summed E-state index contributed by atoms with van der Waals surface area (Å²) < 4.78 is 6.37. The van der Waals surface area contributed by atoms with E-state index < -0.39 is 5.97 Å². The molecule has 5 rings (SSSR count). The Hall–Kier alpha value is -4.50. The summed E-state index contributed by atoms with van der Waals surface area (Å²) in [4.78, 5) is 30.7. The molecule has 0 bridgehead atoms. The first-order valence-electron chi connectivity index (χ1n) is 12.6. The molecule has 1 fully saturated rings. The number of thiocarbonyl (C=S) groups is 1. The summed E-state index contributed by atoms with van der Waals surface area (Å²) in [6.45, 7) is 4.18. The van der Waals surface area contributed by atoms with Crippen LogP contribution in [0.1, 0.15) is 51.4 Å². The van der Waals surface area contributed by atoms with Crippen molar-refractivity contribution >= 4 is 34.9 Å². The molecule has 198 valence electrons. The molecule has 3 heterocycles. The molecule has 0 unspecified atom stereocenters. The Morgan fingerprint density at radius 2 is 1.85 bits per heavy atom. The van der Waals surface area contributed by atoms with Gasteiger partial charge in [0, 0.05) is 30.4 Å². The fourth-order valence-electron chi connectivity index (χ4n) is 4.83. The maximum Gasteiger partial charge on any atom is 0.335 e. The zero-order chi connectivity index (χ0) is 27.5. The second kappa shape index (κ2) is 11.1. The molecule has 4 aromatic rings. The molecule has 0 spiro atoms. The van der Waals surface area contributed by atoms with E-state index in [1.807, 2.05) is 73.3 Å². The average molecular weight is 541 g/mol. The minimum absolute atomic E-state index is 0.110. The molecule has 2 aromatic carbocycles. The van der Waals surface area contributed by atoms with Gasteiger partial charge in [-0.3, -0.25) is 9.78 Å². The molecule has 0 radical (unpaired) electrons. The average Bonchev–Trinajstić information content (AvgIpc) is 3.53. The maximum atomic E-state index is 12.8. The normalized spacial score (nSPS) is 16.7. The Morgan fingerprint density at radius 1 is 1.05 bits per heavy atom. The van der Waals surface area contributed by atoms with E-state index in [2.05, 4.69) is 15.6 Å². The van der Waals surface area contributed by atoms with Gasteiger partial charge in [-0.1, -0.05) is 30.3 Å². The van der Waals surface area contributed by atoms with Crippen LogP contribution in [0.2, 0.25) is 0 Å². The number of carbonyl (C=O) groups excluding carboxylic acids is 1. The van der Waals surface area contributed by atoms with Crippen molar-refractivity contribution in [1.82, 2.24) is 15.2 Å². The van der Waals surface area contributed by atoms with Crippen molar-refractivity contribution in [3.8, 4) is 11.3 Å². The molecule has 8 nitrogen and oxygen atoms in total. The number of hydrogen-bond donors (Lipinski definition) is 3. The number of carboxylic acids is 1. The van der Waals surface area contributed by atoms with Crippen LogP contribution in [-0.4, -0.2) is 38.5 Å². The number of pyridine rings is 1. The number of aromatic nitrogens is 1. The number of amides is 1. The molecule has 39 heavy (non-hydrogen) atoms. The molecule has 1 saturated heterocycles. The predicted molar refractivity (Wildman–Crippen MR) is 152 cm³/mol. The van der Waals surface area contributed by atoms with Crippen molar-refractivity contribution in [2.75, 3.05) is 11.9 Å². The first-order valence-corrected chi connectivity index (χ1v) is 13.0. The van der Waals surface area contributed by atoms with Crippen LogP contribution in [0.4, 0.5) is 5.69 Å². The Labute approximate surface area is 231 Å². The van der Waals surface area contributed by atoms with Crippen LogP contribution in [0.25, 0.3) is 11.3 Å². The van der Waals surface area contributed by atoms with Gasteiger partial charge in [0.15, 0.2) is 5.11 Å². The number of nitrogens with zero attached hydrogens (tertiary/aromatic N) is 2. The number of aryl methyl sites for hydroxylation is 2. The van der Waals surface area contributed by atoms with Gasteiger partial charge >= 0.3 is 5.97 Å². The summed E-state index contributed by atoms with van der Waals surface area (Å²) in [6, 6.07) is 21.5. The molecular weight excluding hydrogens is 512 g/mol. The Kier molecular flexibility index (Phi) is 7.42. The van der Waals surface area contributed by atoms with Gasteiger partial charge in [0.25, 0.3) is 0 Å². The lowest BCUT2D eigenvalue weighted by molar-refractivity contribution is -0.116. The third-order valence-corrected chi connectivity index (χ3v) is 7.21. The van der Waals surface area contributed by atoms with E-state index >= 15 is 0 Å². The van der Waals surface area contributed by atoms with Crippen molar-refractivity contribution in [3.05, 3.63) is 107 Å². The van der Waals surface area contributed by atoms with Gasteiger partial charge in [0.2, 0.25) is 5.91 Å². The lowest BCUT2D eigenvalue weighted by Gasteiger charge is -2.26. The fourth-order valence-corrected chi connectivity index (χ4v) is 5.16. The van der Waals surface area contributed by atoms with Crippen molar-refractivity contribution in [3.63, 3.8) is 0 Å². The van der Waals surface area contributed by atoms with E-state index in [0.29, 0.717) is 23.2 Å². The van der Waals surface area contributed by atoms with Gasteiger partial charge in [-0.2, -0.15) is 0 Å². The zero-order valence-corrected chi connectivity index (χ0v) is 22.4. The minimum atomic E-state index is -0.976. The monoisotopic (exact) mass is 540 g/mol. The first-order chi connectivity index (χ1) is 18.8. The van der Waals surface area contributed by atoms with Crippen LogP contribution in [0, 0.1) is 13.8 Å². The third kappa shape index (κ3) is 5.53. The van der Waals surface area contributed by atoms with Crippen LogP contribution in [-0.2, 0) is 4.79 Å². The summed E-state index contributed by atoms with van der Waals surface area (Å²) >= 11 is 5.71. The highest BCUT2D eigenvalue weighted by Gasteiger charge is 2.41. The quantitative estimate of drug-likeness (QED) is 0.246. The van der Waals surface area contributed by atoms with Crippen molar-refractivity contribution in [2.45, 2.75) is 32.4 Å². The summed E-state index contributed by atoms with van der Waals surface area (Å²) in [7, 11) is 0. The Bertz CT molecular complexity index is 1530. The number of carbonyl (C=O) groups is 2. The molecule has 2 atom stereocenters. The maximum absolute atomic E-state index is 12.8. The van der Waals surface area contributed by atoms with Crippen molar-refractivity contribution in [1.29, 1.82) is 0 Å². The van der Waals surface area contributed by atoms with Crippen LogP contribution >= 0.6 is 12.2 Å². The minimum Gasteiger partial charge on any atom is -0.478 e. The number of hydrogen-bond acceptors (Lipinski definition) is 5. The number of rotatable bonds is 8. The standard InChI is InChI=1S/C30H28N4O4S/c1-18-7-3-4-8-22(18)32-26(35)14-16-34-28(27(33-30(34)39)23-9-5-6-15-31-23)25-13-12-24(38-25)21-11-10-20(29(36)37)17-19(21)2/h3-13,15,17,27-28H,14,16H2,1-2H3,(H,32,35)(H,33,39)(H,36,37)/t27-,28+/m0/s1. The second-order valence-corrected chi connectivity index (χ2v) is 9.86. The number of aromatic carboxylic acids is 1. The second-order valence-electron chi connectivity index (χ2n) is 9.47. The van der Waals surface area contributed by atoms with Gasteiger partial charge in [0.05, 0.1) is 17.3 Å². The van der Waals surface area contributed by atoms with Crippen molar-refractivity contribution < 1.29 is 19.1 Å². The number of anilines is 1. The highest BCUT2D eigenvalue weighted by Crippen LogP contribution is 2.41. The van der Waals surface area contributed by atoms with E-state index in [-0.39, 0.29) is 30.0 Å². The van der Waals surface area contributed by atoms with Gasteiger partial charge in [-0.05, 0) is 79.7 Å². The van der Waals surface area contributed by atoms with Crippen LogP contribution in [0.15, 0.2) is 83.4 Å². The summed E-state index contributed by atoms with van der Waals surface area (Å²) in [6.07, 6.45) is 1.96. The predicted octanol–water partition coefficient (Wildman–Crippen LogP) is 5.66. The number of furan rings is 1. The fraction of sp³-hybridized carbons (Fsp3) is 0.200. The van der Waals surface area contributed by atoms with Gasteiger partial charge < -0.3 is 25.1 Å². The molecule has 3 N–H and O–H groups in total. The van der Waals surface area contributed by atoms with E-state index in [4.69, 9.17) is 16.6 Å². The van der Waals surface area contributed by atoms with E-state index in [1.165, 1.54) is 0 Å². The molecule has 1 aliphatic rings. The van der Waals surface area contributed by atoms with E-state index in [0.717, 1.165) is 28.1 Å². The molecular formula is C30H28N4O4S. The SMILES string of the molecule is Cc1ccccc1NC(=O)CCN1C(=S)N[C@@H](c2ccccn2)[C@H]1c1ccc(-c2ccc(C(=O)O)cc2C)o1. The van der Waals surface area contributed by atoms with E-state index in [9.17, 15) is 14.7 Å². The largest absolute Gasteiger partial charge is 0.478 e. The summed E-state index contributed by atoms with van der Waals surface area (Å²) in [5.41, 5.74) is 4.40. The van der Waals surface area contributed by atoms with Crippen LogP contribution < -0.4 is 10.6 Å². The smallest absolute Gasteiger partial charge is 0.335 e. The highest BCUT2D eigenvalue weighted by atomic mass is 32.1. The lowest BCUT2D eigenvalue weighted by atomic mass is 10.0. The summed E-state index contributed by atoms with van der Waals surface area (Å²) in [5.74, 6) is 0.195. The van der Waals surface area contributed by atoms with Crippen molar-refractivity contribution in [2.24, 2.45) is 0 Å². The van der Waals surface area contributed by atoms with Crippen LogP contribution in [0.5, 0.6) is 0 Å². The number of nitrogens with one attached hydrogen (secondary N) is 2. The van der Waals surface area contributed by atoms with Gasteiger partial charge in [0.1, 0.15) is 17.6 Å². The highest BCUT2D eigenvalue weighted by molar-refractivity contribution is 7.80. The molecule has 0 saturated carbocycles. The first kappa shape index (κ1) is 26.1. The third-order valence-electron chi connectivity index (χ3n) is 6.85. The number of carboxylic acid groups (broad SMARTS) is 1. The molecule has 0 aliphatic carbocycles. The molecule has 1 amide bonds. The van der Waals surface area contributed by atoms with E-state index in [1.54, 1.807) is 24.4 Å². The number of para-hydroxylation sites is 1.